The Bertz CT molecular complexity index is 630. The summed E-state index contributed by atoms with van der Waals surface area (Å²) in [4.78, 5) is 25.7. The fourth-order valence-electron chi connectivity index (χ4n) is 3.31. The third-order valence-corrected chi connectivity index (χ3v) is 4.56. The highest BCUT2D eigenvalue weighted by molar-refractivity contribution is 5.80. The number of nitrogens with zero attached hydrogens (tertiary/aromatic N) is 5. The molecule has 0 radical (unpaired) electrons. The van der Waals surface area contributed by atoms with Gasteiger partial charge in [-0.3, -0.25) is 9.69 Å². The van der Waals surface area contributed by atoms with Crippen LogP contribution < -0.4 is 10.6 Å². The Morgan fingerprint density at radius 1 is 1.21 bits per heavy atom. The third-order valence-electron chi connectivity index (χ3n) is 4.56. The van der Waals surface area contributed by atoms with Gasteiger partial charge >= 0.3 is 0 Å². The van der Waals surface area contributed by atoms with Gasteiger partial charge < -0.3 is 20.1 Å². The van der Waals surface area contributed by atoms with Crippen LogP contribution in [0.2, 0.25) is 0 Å². The highest BCUT2D eigenvalue weighted by Crippen LogP contribution is 2.07. The molecule has 2 heterocycles. The first-order valence-electron chi connectivity index (χ1n) is 10.4. The topological polar surface area (TPSA) is 77.8 Å². The molecular formula is C20H37N7O. The number of amides is 1. The van der Waals surface area contributed by atoms with E-state index in [-0.39, 0.29) is 11.9 Å². The van der Waals surface area contributed by atoms with E-state index in [2.05, 4.69) is 50.8 Å². The van der Waals surface area contributed by atoms with Gasteiger partial charge in [-0.25, -0.2) is 9.98 Å². The molecule has 1 amide bonds. The lowest BCUT2D eigenvalue weighted by atomic mass is 10.2. The Morgan fingerprint density at radius 3 is 2.54 bits per heavy atom. The fourth-order valence-corrected chi connectivity index (χ4v) is 3.31. The molecule has 158 valence electrons. The number of nitrogens with one attached hydrogen (secondary N) is 2. The van der Waals surface area contributed by atoms with Crippen molar-refractivity contribution in [2.24, 2.45) is 10.9 Å². The number of aromatic nitrogens is 2. The molecule has 0 bridgehead atoms. The summed E-state index contributed by atoms with van der Waals surface area (Å²) in [7, 11) is 0. The molecule has 1 fully saturated rings. The molecule has 1 aliphatic heterocycles. The molecule has 2 rings (SSSR count). The minimum absolute atomic E-state index is 0.0982. The van der Waals surface area contributed by atoms with Crippen LogP contribution in [0.1, 0.15) is 40.4 Å². The molecule has 0 aliphatic carbocycles. The molecule has 0 unspecified atom stereocenters. The van der Waals surface area contributed by atoms with Crippen molar-refractivity contribution < 1.29 is 4.79 Å². The zero-order valence-electron chi connectivity index (χ0n) is 18.1. The highest BCUT2D eigenvalue weighted by atomic mass is 16.2. The maximum atomic E-state index is 12.0. The van der Waals surface area contributed by atoms with E-state index in [0.717, 1.165) is 51.1 Å². The minimum atomic E-state index is 0.0982. The molecule has 0 saturated carbocycles. The quantitative estimate of drug-likeness (QED) is 0.513. The molecule has 1 aliphatic rings. The first-order valence-corrected chi connectivity index (χ1v) is 10.4. The predicted molar refractivity (Wildman–Crippen MR) is 113 cm³/mol. The second kappa shape index (κ2) is 11.0. The van der Waals surface area contributed by atoms with Crippen LogP contribution >= 0.6 is 0 Å². The molecule has 8 heteroatoms. The summed E-state index contributed by atoms with van der Waals surface area (Å²) < 4.78 is 2.18. The van der Waals surface area contributed by atoms with Gasteiger partial charge in [0.2, 0.25) is 5.91 Å². The first-order chi connectivity index (χ1) is 13.4. The fraction of sp³-hybridized carbons (Fsp3) is 0.750. The van der Waals surface area contributed by atoms with Crippen LogP contribution in [0.5, 0.6) is 0 Å². The zero-order valence-corrected chi connectivity index (χ0v) is 18.1. The maximum Gasteiger partial charge on any atom is 0.234 e. The van der Waals surface area contributed by atoms with Crippen molar-refractivity contribution in [3.63, 3.8) is 0 Å². The molecule has 1 aromatic heterocycles. The number of piperazine rings is 1. The average Bonchev–Trinajstić information content (AvgIpc) is 3.05. The molecule has 0 spiro atoms. The van der Waals surface area contributed by atoms with Gasteiger partial charge in [-0.2, -0.15) is 0 Å². The summed E-state index contributed by atoms with van der Waals surface area (Å²) in [5.74, 6) is 2.59. The summed E-state index contributed by atoms with van der Waals surface area (Å²) in [5, 5.41) is 6.36. The van der Waals surface area contributed by atoms with E-state index in [4.69, 9.17) is 4.99 Å². The van der Waals surface area contributed by atoms with Crippen molar-refractivity contribution >= 4 is 11.9 Å². The zero-order chi connectivity index (χ0) is 20.5. The predicted octanol–water partition coefficient (Wildman–Crippen LogP) is 1.15. The summed E-state index contributed by atoms with van der Waals surface area (Å²) in [6.07, 6.45) is 3.87. The number of rotatable bonds is 8. The minimum Gasteiger partial charge on any atom is -0.357 e. The van der Waals surface area contributed by atoms with Crippen LogP contribution in [0.3, 0.4) is 0 Å². The number of aliphatic imine (C=N–C) groups is 1. The number of imidazole rings is 1. The summed E-state index contributed by atoms with van der Waals surface area (Å²) in [6.45, 7) is 16.7. The molecule has 0 aromatic carbocycles. The molecule has 28 heavy (non-hydrogen) atoms. The third kappa shape index (κ3) is 7.14. The second-order valence-electron chi connectivity index (χ2n) is 8.05. The molecule has 8 nitrogen and oxygen atoms in total. The van der Waals surface area contributed by atoms with Crippen molar-refractivity contribution in [3.8, 4) is 0 Å². The van der Waals surface area contributed by atoms with E-state index in [1.54, 1.807) is 0 Å². The van der Waals surface area contributed by atoms with Gasteiger partial charge in [0.1, 0.15) is 12.4 Å². The van der Waals surface area contributed by atoms with E-state index in [9.17, 15) is 4.79 Å². The highest BCUT2D eigenvalue weighted by Gasteiger charge is 2.21. The molecule has 1 saturated heterocycles. The lowest BCUT2D eigenvalue weighted by Gasteiger charge is -2.36. The van der Waals surface area contributed by atoms with Crippen molar-refractivity contribution in [1.29, 1.82) is 0 Å². The lowest BCUT2D eigenvalue weighted by molar-refractivity contribution is -0.123. The Morgan fingerprint density at radius 2 is 1.93 bits per heavy atom. The number of guanidine groups is 1. The Labute approximate surface area is 169 Å². The van der Waals surface area contributed by atoms with E-state index in [1.807, 2.05) is 26.2 Å². The second-order valence-corrected chi connectivity index (χ2v) is 8.05. The Balaban J connectivity index is 1.91. The average molecular weight is 392 g/mol. The monoisotopic (exact) mass is 391 g/mol. The van der Waals surface area contributed by atoms with Gasteiger partial charge in [-0.1, -0.05) is 13.8 Å². The SMILES string of the molecule is CCNC(=NCc1nccn1CC(C)C)N1CCN(CC(=O)NC(C)C)CC1. The summed E-state index contributed by atoms with van der Waals surface area (Å²) in [5.41, 5.74) is 0. The van der Waals surface area contributed by atoms with E-state index < -0.39 is 0 Å². The Kier molecular flexibility index (Phi) is 8.76. The first kappa shape index (κ1) is 22.2. The molecular weight excluding hydrogens is 354 g/mol. The number of hydrogen-bond acceptors (Lipinski definition) is 4. The summed E-state index contributed by atoms with van der Waals surface area (Å²) in [6, 6.07) is 0.185. The van der Waals surface area contributed by atoms with Gasteiger partial charge in [0, 0.05) is 57.7 Å². The molecule has 0 atom stereocenters. The van der Waals surface area contributed by atoms with Gasteiger partial charge in [0.15, 0.2) is 5.96 Å². The van der Waals surface area contributed by atoms with Crippen LogP contribution in [-0.4, -0.2) is 76.5 Å². The van der Waals surface area contributed by atoms with Crippen LogP contribution in [0.4, 0.5) is 0 Å². The van der Waals surface area contributed by atoms with Crippen LogP contribution in [-0.2, 0) is 17.9 Å². The van der Waals surface area contributed by atoms with E-state index in [0.29, 0.717) is 19.0 Å². The maximum absolute atomic E-state index is 12.0. The molecule has 1 aromatic rings. The van der Waals surface area contributed by atoms with Crippen molar-refractivity contribution in [1.82, 2.24) is 30.0 Å². The van der Waals surface area contributed by atoms with Crippen molar-refractivity contribution in [3.05, 3.63) is 18.2 Å². The number of hydrogen-bond donors (Lipinski definition) is 2. The van der Waals surface area contributed by atoms with Crippen LogP contribution in [0.15, 0.2) is 17.4 Å². The normalized spacial score (nSPS) is 16.1. The van der Waals surface area contributed by atoms with Gasteiger partial charge in [-0.15, -0.1) is 0 Å². The van der Waals surface area contributed by atoms with Crippen LogP contribution in [0, 0.1) is 5.92 Å². The standard InChI is InChI=1S/C20H37N7O/c1-6-21-20(23-13-18-22-7-8-27(18)14-16(2)3)26-11-9-25(10-12-26)15-19(28)24-17(4)5/h7-8,16-17H,6,9-15H2,1-5H3,(H,21,23)(H,24,28). The van der Waals surface area contributed by atoms with Gasteiger partial charge in [0.25, 0.3) is 0 Å². The number of carbonyl (C=O) groups excluding carboxylic acids is 1. The van der Waals surface area contributed by atoms with Gasteiger partial charge in [-0.05, 0) is 26.7 Å². The Hall–Kier alpha value is -2.09. The van der Waals surface area contributed by atoms with Crippen LogP contribution in [0.25, 0.3) is 0 Å². The smallest absolute Gasteiger partial charge is 0.234 e. The van der Waals surface area contributed by atoms with E-state index in [1.165, 1.54) is 0 Å². The van der Waals surface area contributed by atoms with Gasteiger partial charge in [0.05, 0.1) is 6.54 Å². The van der Waals surface area contributed by atoms with Crippen molar-refractivity contribution in [2.45, 2.75) is 53.8 Å². The van der Waals surface area contributed by atoms with E-state index >= 15 is 0 Å². The van der Waals surface area contributed by atoms with Crippen molar-refractivity contribution in [2.75, 3.05) is 39.3 Å². The lowest BCUT2D eigenvalue weighted by Crippen LogP contribution is -2.54. The summed E-state index contributed by atoms with van der Waals surface area (Å²) >= 11 is 0. The largest absolute Gasteiger partial charge is 0.357 e. The number of carbonyl (C=O) groups is 1. The molecule has 2 N–H and O–H groups in total.